The lowest BCUT2D eigenvalue weighted by atomic mass is 9.97. The molecule has 2 heterocycles. The van der Waals surface area contributed by atoms with Crippen LogP contribution in [0.3, 0.4) is 0 Å². The van der Waals surface area contributed by atoms with E-state index >= 15 is 0 Å². The van der Waals surface area contributed by atoms with Crippen molar-refractivity contribution in [2.24, 2.45) is 5.92 Å². The second-order valence-corrected chi connectivity index (χ2v) is 7.18. The summed E-state index contributed by atoms with van der Waals surface area (Å²) in [6, 6.07) is 4.23. The molecule has 0 unspecified atom stereocenters. The van der Waals surface area contributed by atoms with E-state index < -0.39 is 0 Å². The Morgan fingerprint density at radius 2 is 2.37 bits per heavy atom. The first-order valence-electron chi connectivity index (χ1n) is 7.23. The fraction of sp³-hybridized carbons (Fsp3) is 0.667. The molecule has 0 aromatic carbocycles. The molecule has 0 spiro atoms. The van der Waals surface area contributed by atoms with Gasteiger partial charge in [-0.3, -0.25) is 4.79 Å². The Morgan fingerprint density at radius 1 is 1.53 bits per heavy atom. The average molecular weight is 297 g/mol. The van der Waals surface area contributed by atoms with E-state index in [1.165, 1.54) is 11.3 Å². The van der Waals surface area contributed by atoms with Gasteiger partial charge in [0.25, 0.3) is 0 Å². The normalized spacial score (nSPS) is 20.7. The maximum absolute atomic E-state index is 12.7. The molecule has 0 aliphatic carbocycles. The quantitative estimate of drug-likeness (QED) is 0.768. The third kappa shape index (κ3) is 3.54. The first-order chi connectivity index (χ1) is 9.27. The van der Waals surface area contributed by atoms with Crippen molar-refractivity contribution in [1.82, 2.24) is 4.90 Å². The van der Waals surface area contributed by atoms with Gasteiger partial charge in [-0.05, 0) is 24.3 Å². The highest BCUT2D eigenvalue weighted by Crippen LogP contribution is 2.41. The van der Waals surface area contributed by atoms with Crippen LogP contribution in [0.2, 0.25) is 0 Å². The van der Waals surface area contributed by atoms with Crippen LogP contribution in [0.4, 0.5) is 0 Å². The van der Waals surface area contributed by atoms with Gasteiger partial charge in [0.2, 0.25) is 5.91 Å². The van der Waals surface area contributed by atoms with Gasteiger partial charge < -0.3 is 4.90 Å². The summed E-state index contributed by atoms with van der Waals surface area (Å²) in [5, 5.41) is 2.37. The zero-order chi connectivity index (χ0) is 13.7. The Bertz CT molecular complexity index is 391. The molecule has 0 radical (unpaired) electrons. The predicted octanol–water partition coefficient (Wildman–Crippen LogP) is 4.54. The number of carbonyl (C=O) groups is 1. The molecule has 1 amide bonds. The number of hydrogen-bond acceptors (Lipinski definition) is 3. The van der Waals surface area contributed by atoms with Crippen molar-refractivity contribution in [2.75, 3.05) is 12.3 Å². The summed E-state index contributed by atoms with van der Waals surface area (Å²) in [6.07, 6.45) is 4.35. The average Bonchev–Trinajstić information content (AvgIpc) is 3.09. The summed E-state index contributed by atoms with van der Waals surface area (Å²) in [5.74, 6) is 1.67. The lowest BCUT2D eigenvalue weighted by Gasteiger charge is -2.27. The van der Waals surface area contributed by atoms with E-state index in [0.717, 1.165) is 31.6 Å². The molecule has 2 rings (SSSR count). The van der Waals surface area contributed by atoms with Crippen molar-refractivity contribution in [2.45, 2.75) is 44.9 Å². The maximum Gasteiger partial charge on any atom is 0.226 e. The lowest BCUT2D eigenvalue weighted by Crippen LogP contribution is -2.35. The van der Waals surface area contributed by atoms with Crippen molar-refractivity contribution in [3.63, 3.8) is 0 Å². The van der Waals surface area contributed by atoms with Crippen LogP contribution in [0.1, 0.15) is 49.8 Å². The Kier molecular flexibility index (Phi) is 5.76. The van der Waals surface area contributed by atoms with E-state index in [2.05, 4.69) is 36.3 Å². The smallest absolute Gasteiger partial charge is 0.226 e. The van der Waals surface area contributed by atoms with Crippen LogP contribution in [0.5, 0.6) is 0 Å². The van der Waals surface area contributed by atoms with Crippen LogP contribution >= 0.6 is 23.1 Å². The number of amides is 1. The number of nitrogens with zero attached hydrogens (tertiary/aromatic N) is 1. The second-order valence-electron chi connectivity index (χ2n) is 5.02. The molecule has 106 valence electrons. The Hall–Kier alpha value is -0.480. The fourth-order valence-electron chi connectivity index (χ4n) is 2.55. The van der Waals surface area contributed by atoms with Gasteiger partial charge in [-0.25, -0.2) is 0 Å². The monoisotopic (exact) mass is 297 g/mol. The molecule has 0 saturated carbocycles. The third-order valence-electron chi connectivity index (χ3n) is 3.71. The molecule has 1 aromatic rings. The summed E-state index contributed by atoms with van der Waals surface area (Å²) in [7, 11) is 0. The molecule has 0 bridgehead atoms. The summed E-state index contributed by atoms with van der Waals surface area (Å²) in [6.45, 7) is 5.24. The third-order valence-corrected chi connectivity index (χ3v) is 6.03. The zero-order valence-electron chi connectivity index (χ0n) is 11.8. The molecule has 1 aliphatic rings. The zero-order valence-corrected chi connectivity index (χ0v) is 13.4. The summed E-state index contributed by atoms with van der Waals surface area (Å²) >= 11 is 3.67. The first-order valence-corrected chi connectivity index (χ1v) is 9.16. The van der Waals surface area contributed by atoms with Gasteiger partial charge in [-0.1, -0.05) is 32.8 Å². The topological polar surface area (TPSA) is 20.3 Å². The van der Waals surface area contributed by atoms with Gasteiger partial charge in [0.05, 0.1) is 0 Å². The van der Waals surface area contributed by atoms with Gasteiger partial charge in [-0.2, -0.15) is 0 Å². The second kappa shape index (κ2) is 7.34. The molecule has 19 heavy (non-hydrogen) atoms. The van der Waals surface area contributed by atoms with Crippen LogP contribution < -0.4 is 0 Å². The van der Waals surface area contributed by atoms with Crippen LogP contribution in [0, 0.1) is 5.92 Å². The van der Waals surface area contributed by atoms with E-state index in [9.17, 15) is 4.79 Å². The van der Waals surface area contributed by atoms with Gasteiger partial charge in [-0.15, -0.1) is 23.1 Å². The highest BCUT2D eigenvalue weighted by molar-refractivity contribution is 7.99. The number of hydrogen-bond donors (Lipinski definition) is 0. The highest BCUT2D eigenvalue weighted by atomic mass is 32.2. The molecule has 4 heteroatoms. The summed E-state index contributed by atoms with van der Waals surface area (Å²) in [4.78, 5) is 16.1. The molecular formula is C15H23NOS2. The molecule has 1 aromatic heterocycles. The van der Waals surface area contributed by atoms with Gasteiger partial charge in [0.15, 0.2) is 0 Å². The molecule has 0 N–H and O–H groups in total. The predicted molar refractivity (Wildman–Crippen MR) is 84.5 cm³/mol. The molecule has 1 saturated heterocycles. The Labute approximate surface area is 124 Å². The molecular weight excluding hydrogens is 274 g/mol. The van der Waals surface area contributed by atoms with Crippen LogP contribution in [0.25, 0.3) is 0 Å². The molecule has 2 atom stereocenters. The van der Waals surface area contributed by atoms with E-state index in [1.807, 2.05) is 11.8 Å². The van der Waals surface area contributed by atoms with Crippen molar-refractivity contribution < 1.29 is 4.79 Å². The number of thiophene rings is 1. The van der Waals surface area contributed by atoms with Crippen molar-refractivity contribution in [3.05, 3.63) is 22.4 Å². The minimum Gasteiger partial charge on any atom is -0.325 e. The molecule has 1 fully saturated rings. The Balaban J connectivity index is 2.04. The highest BCUT2D eigenvalue weighted by Gasteiger charge is 2.33. The number of rotatable bonds is 6. The fourth-order valence-corrected chi connectivity index (χ4v) is 4.79. The number of thioether (sulfide) groups is 1. The minimum absolute atomic E-state index is 0.223. The summed E-state index contributed by atoms with van der Waals surface area (Å²) < 4.78 is 0. The van der Waals surface area contributed by atoms with Gasteiger partial charge in [0.1, 0.15) is 5.37 Å². The van der Waals surface area contributed by atoms with Gasteiger partial charge in [0, 0.05) is 23.1 Å². The van der Waals surface area contributed by atoms with E-state index in [1.54, 1.807) is 11.3 Å². The van der Waals surface area contributed by atoms with E-state index in [-0.39, 0.29) is 11.3 Å². The largest absolute Gasteiger partial charge is 0.325 e. The van der Waals surface area contributed by atoms with E-state index in [4.69, 9.17) is 0 Å². The minimum atomic E-state index is 0.223. The SMILES string of the molecule is CCCC[C@H](CC)C(=O)N1CCS[C@@H]1c1cccs1. The van der Waals surface area contributed by atoms with Crippen LogP contribution in [-0.2, 0) is 4.79 Å². The van der Waals surface area contributed by atoms with Crippen molar-refractivity contribution >= 4 is 29.0 Å². The Morgan fingerprint density at radius 3 is 3.00 bits per heavy atom. The maximum atomic E-state index is 12.7. The summed E-state index contributed by atoms with van der Waals surface area (Å²) in [5.41, 5.74) is 0. The molecule has 2 nitrogen and oxygen atoms in total. The molecule has 1 aliphatic heterocycles. The number of unbranched alkanes of at least 4 members (excludes halogenated alkanes) is 1. The van der Waals surface area contributed by atoms with Crippen LogP contribution in [0.15, 0.2) is 17.5 Å². The van der Waals surface area contributed by atoms with Crippen molar-refractivity contribution in [1.29, 1.82) is 0 Å². The standard InChI is InChI=1S/C15H23NOS2/c1-3-5-7-12(4-2)14(17)16-9-11-19-15(16)13-8-6-10-18-13/h6,8,10,12,15H,3-5,7,9,11H2,1-2H3/t12-,15+/m0/s1. The van der Waals surface area contributed by atoms with Gasteiger partial charge >= 0.3 is 0 Å². The van der Waals surface area contributed by atoms with Crippen LogP contribution in [-0.4, -0.2) is 23.1 Å². The van der Waals surface area contributed by atoms with Crippen molar-refractivity contribution in [3.8, 4) is 0 Å². The first kappa shape index (κ1) is 14.9. The van der Waals surface area contributed by atoms with E-state index in [0.29, 0.717) is 5.91 Å². The lowest BCUT2D eigenvalue weighted by molar-refractivity contribution is -0.136. The number of carbonyl (C=O) groups excluding carboxylic acids is 1.